The molecule has 0 aliphatic heterocycles. The number of ketones is 2. The fourth-order valence-electron chi connectivity index (χ4n) is 6.42. The second-order valence-electron chi connectivity index (χ2n) is 10.8. The van der Waals surface area contributed by atoms with Gasteiger partial charge in [0.2, 0.25) is 0 Å². The Bertz CT molecular complexity index is 1660. The van der Waals surface area contributed by atoms with Crippen molar-refractivity contribution in [3.05, 3.63) is 78.0 Å². The Hall–Kier alpha value is -3.91. The number of phenols is 1. The number of ether oxygens (including phenoxy) is 1. The van der Waals surface area contributed by atoms with Crippen LogP contribution >= 0.6 is 22.6 Å². The first kappa shape index (κ1) is 30.5. The SMILES string of the molecule is CCCNCc1ccc(OC)c(-c2ccc(O)c3c2C[C@H]2C[C@H]4CC(=O)C(C(=O)NN=[N+]=[N-])=C(O)[C@@]4(O)C(I)=C2C3=O)c1. The van der Waals surface area contributed by atoms with Crippen molar-refractivity contribution in [2.75, 3.05) is 13.7 Å². The summed E-state index contributed by atoms with van der Waals surface area (Å²) < 4.78 is 5.75. The molecule has 0 unspecified atom stereocenters. The van der Waals surface area contributed by atoms with E-state index in [0.29, 0.717) is 24.3 Å². The van der Waals surface area contributed by atoms with Crippen LogP contribution in [0.5, 0.6) is 11.5 Å². The summed E-state index contributed by atoms with van der Waals surface area (Å²) in [4.78, 5) is 42.0. The number of rotatable bonds is 8. The van der Waals surface area contributed by atoms with Crippen molar-refractivity contribution in [3.63, 3.8) is 0 Å². The number of allylic oxidation sites excluding steroid dienone is 1. The predicted octanol–water partition coefficient (Wildman–Crippen LogP) is 4.49. The Morgan fingerprint density at radius 1 is 1.21 bits per heavy atom. The first-order chi connectivity index (χ1) is 20.6. The molecule has 224 valence electrons. The third kappa shape index (κ3) is 5.05. The van der Waals surface area contributed by atoms with Gasteiger partial charge in [0.25, 0.3) is 0 Å². The van der Waals surface area contributed by atoms with Crippen LogP contribution in [0.15, 0.2) is 56.0 Å². The number of hydrogen-bond acceptors (Lipinski definition) is 9. The molecule has 5 rings (SSSR count). The van der Waals surface area contributed by atoms with Crippen molar-refractivity contribution in [1.82, 2.24) is 10.7 Å². The van der Waals surface area contributed by atoms with Gasteiger partial charge in [0.05, 0.1) is 12.7 Å². The Balaban J connectivity index is 1.64. The third-order valence-electron chi connectivity index (χ3n) is 8.39. The topological polar surface area (TPSA) is 194 Å². The van der Waals surface area contributed by atoms with Gasteiger partial charge < -0.3 is 25.4 Å². The third-order valence-corrected chi connectivity index (χ3v) is 9.80. The van der Waals surface area contributed by atoms with Crippen LogP contribution in [0.1, 0.15) is 47.7 Å². The molecule has 12 nitrogen and oxygen atoms in total. The van der Waals surface area contributed by atoms with Crippen LogP contribution in [0, 0.1) is 11.8 Å². The van der Waals surface area contributed by atoms with Gasteiger partial charge in [0, 0.05) is 33.6 Å². The standard InChI is InChI=1S/C30H30IN5O7/c1-3-8-33-13-14-4-7-22(43-2)18(9-14)17-5-6-20(37)24-19(17)11-15-10-16-12-21(38)25(29(41)34-36-35-32)28(40)30(16,42)27(31)23(15)26(24)39/h4-7,9,15-16,33,37,40,42H,3,8,10-13H2,1-2H3,(H,34,41)/t15-,16+,30+/m1/s1. The lowest BCUT2D eigenvalue weighted by molar-refractivity contribution is -0.127. The van der Waals surface area contributed by atoms with Gasteiger partial charge in [-0.2, -0.15) is 10.3 Å². The first-order valence-electron chi connectivity index (χ1n) is 13.8. The number of aliphatic hydroxyl groups is 2. The summed E-state index contributed by atoms with van der Waals surface area (Å²) in [6.45, 7) is 3.59. The first-order valence-corrected chi connectivity index (χ1v) is 14.9. The molecule has 0 spiro atoms. The molecule has 3 atom stereocenters. The lowest BCUT2D eigenvalue weighted by Crippen LogP contribution is -2.52. The second kappa shape index (κ2) is 12.0. The number of fused-ring (bicyclic) bond motifs is 3. The fraction of sp³-hybridized carbons (Fsp3) is 0.367. The number of Topliss-reactive ketones (excluding diaryl/α,β-unsaturated/α-hetero) is 2. The fourth-order valence-corrected chi connectivity index (χ4v) is 7.80. The van der Waals surface area contributed by atoms with Crippen LogP contribution in [0.4, 0.5) is 0 Å². The molecule has 2 aromatic rings. The predicted molar refractivity (Wildman–Crippen MR) is 164 cm³/mol. The largest absolute Gasteiger partial charge is 0.508 e. The smallest absolute Gasteiger partial charge is 0.349 e. The summed E-state index contributed by atoms with van der Waals surface area (Å²) in [6.07, 6.45) is 1.21. The highest BCUT2D eigenvalue weighted by atomic mass is 127. The maximum atomic E-state index is 14.1. The molecule has 1 amide bonds. The number of hydrogen-bond donors (Lipinski definition) is 5. The summed E-state index contributed by atoms with van der Waals surface area (Å²) in [5.41, 5.74) is 10.9. The van der Waals surface area contributed by atoms with Gasteiger partial charge >= 0.3 is 5.91 Å². The van der Waals surface area contributed by atoms with Gasteiger partial charge in [-0.1, -0.05) is 19.1 Å². The normalized spacial score (nSPS) is 22.8. The van der Waals surface area contributed by atoms with E-state index in [2.05, 4.69) is 22.4 Å². The van der Waals surface area contributed by atoms with Crippen molar-refractivity contribution in [1.29, 1.82) is 0 Å². The summed E-state index contributed by atoms with van der Waals surface area (Å²) in [5.74, 6) is -4.16. The van der Waals surface area contributed by atoms with Crippen LogP contribution in [-0.2, 0) is 22.6 Å². The molecule has 0 saturated heterocycles. The van der Waals surface area contributed by atoms with Crippen molar-refractivity contribution in [2.45, 2.75) is 44.8 Å². The van der Waals surface area contributed by atoms with Crippen molar-refractivity contribution in [2.24, 2.45) is 17.1 Å². The molecule has 13 heteroatoms. The molecule has 5 N–H and O–H groups in total. The summed E-state index contributed by atoms with van der Waals surface area (Å²) in [5, 5.41) is 40.2. The molecule has 3 aliphatic carbocycles. The van der Waals surface area contributed by atoms with Gasteiger partial charge in [-0.15, -0.1) is 5.53 Å². The highest BCUT2D eigenvalue weighted by Crippen LogP contribution is 2.55. The Kier molecular flexibility index (Phi) is 8.52. The second-order valence-corrected chi connectivity index (χ2v) is 11.9. The van der Waals surface area contributed by atoms with Crippen LogP contribution in [-0.4, -0.2) is 52.0 Å². The Morgan fingerprint density at radius 3 is 2.67 bits per heavy atom. The number of amides is 1. The van der Waals surface area contributed by atoms with E-state index in [1.807, 2.05) is 23.6 Å². The lowest BCUT2D eigenvalue weighted by Gasteiger charge is -2.47. The number of carbonyl (C=O) groups excluding carboxylic acids is 3. The van der Waals surface area contributed by atoms with Gasteiger partial charge in [-0.05, 0) is 94.4 Å². The minimum Gasteiger partial charge on any atom is -0.508 e. The van der Waals surface area contributed by atoms with Gasteiger partial charge in [0.15, 0.2) is 17.2 Å². The number of halogens is 1. The van der Waals surface area contributed by atoms with E-state index in [4.69, 9.17) is 10.3 Å². The van der Waals surface area contributed by atoms with E-state index in [9.17, 15) is 29.7 Å². The minimum absolute atomic E-state index is 0.0764. The van der Waals surface area contributed by atoms with E-state index in [0.717, 1.165) is 29.7 Å². The van der Waals surface area contributed by atoms with Crippen molar-refractivity contribution in [3.8, 4) is 22.6 Å². The number of nitrogens with zero attached hydrogens (tertiary/aromatic N) is 3. The number of aromatic hydroxyl groups is 1. The molecule has 43 heavy (non-hydrogen) atoms. The van der Waals surface area contributed by atoms with E-state index < -0.39 is 46.2 Å². The van der Waals surface area contributed by atoms with E-state index in [1.165, 1.54) is 6.07 Å². The molecule has 0 heterocycles. The Morgan fingerprint density at radius 2 is 1.98 bits per heavy atom. The zero-order chi connectivity index (χ0) is 31.1. The van der Waals surface area contributed by atoms with Gasteiger partial charge in [-0.25, -0.2) is 4.79 Å². The molecule has 0 saturated carbocycles. The van der Waals surface area contributed by atoms with Gasteiger partial charge in [0.1, 0.15) is 22.8 Å². The number of aliphatic hydroxyl groups excluding tert-OH is 1. The number of nitrogens with one attached hydrogen (secondary N) is 2. The maximum Gasteiger partial charge on any atom is 0.349 e. The monoisotopic (exact) mass is 699 g/mol. The van der Waals surface area contributed by atoms with Crippen LogP contribution in [0.3, 0.4) is 0 Å². The molecule has 0 radical (unpaired) electrons. The van der Waals surface area contributed by atoms with Crippen LogP contribution in [0.25, 0.3) is 21.6 Å². The zero-order valence-corrected chi connectivity index (χ0v) is 25.6. The van der Waals surface area contributed by atoms with Gasteiger partial charge in [-0.3, -0.25) is 9.59 Å². The van der Waals surface area contributed by atoms with Crippen LogP contribution in [0.2, 0.25) is 0 Å². The summed E-state index contributed by atoms with van der Waals surface area (Å²) in [6, 6.07) is 9.05. The molecule has 2 aromatic carbocycles. The lowest BCUT2D eigenvalue weighted by atomic mass is 9.61. The van der Waals surface area contributed by atoms with E-state index >= 15 is 0 Å². The molecule has 0 fully saturated rings. The molecule has 3 aliphatic rings. The summed E-state index contributed by atoms with van der Waals surface area (Å²) >= 11 is 1.79. The highest BCUT2D eigenvalue weighted by molar-refractivity contribution is 14.1. The average molecular weight is 700 g/mol. The minimum atomic E-state index is -2.19. The average Bonchev–Trinajstić information content (AvgIpc) is 2.98. The Labute approximate surface area is 260 Å². The number of methoxy groups -OCH3 is 1. The number of carbonyl (C=O) groups is 3. The molecule has 0 aromatic heterocycles. The molecular weight excluding hydrogens is 669 g/mol. The van der Waals surface area contributed by atoms with Crippen molar-refractivity contribution >= 4 is 40.1 Å². The highest BCUT2D eigenvalue weighted by Gasteiger charge is 2.57. The number of azide groups is 1. The van der Waals surface area contributed by atoms with Crippen molar-refractivity contribution < 1.29 is 34.4 Å². The number of benzene rings is 2. The summed E-state index contributed by atoms with van der Waals surface area (Å²) in [7, 11) is 1.57. The maximum absolute atomic E-state index is 14.1. The zero-order valence-electron chi connectivity index (χ0n) is 23.5. The quantitative estimate of drug-likeness (QED) is 0.0506. The molecule has 0 bridgehead atoms. The van der Waals surface area contributed by atoms with Crippen LogP contribution < -0.4 is 15.5 Å². The van der Waals surface area contributed by atoms with E-state index in [1.54, 1.807) is 35.8 Å². The van der Waals surface area contributed by atoms with E-state index in [-0.39, 0.29) is 33.3 Å². The molecular formula is C30H30IN5O7. The number of phenolic OH excluding ortho intramolecular Hbond substituents is 1.